The van der Waals surface area contributed by atoms with E-state index < -0.39 is 40.4 Å². The van der Waals surface area contributed by atoms with Crippen LogP contribution in [0.15, 0.2) is 0 Å². The normalized spacial score (nSPS) is 10.1. The molecule has 0 atom stereocenters. The first-order valence-corrected chi connectivity index (χ1v) is 5.68. The largest absolute Gasteiger partial charge is 1.00 e. The molecular weight excluding hydrogens is 355 g/mol. The quantitative estimate of drug-likeness (QED) is 0.186. The van der Waals surface area contributed by atoms with Crippen LogP contribution in [0.4, 0.5) is 22.0 Å². The molecule has 0 amide bonds. The molecule has 1 rings (SSSR count). The third-order valence-electron chi connectivity index (χ3n) is 2.11. The van der Waals surface area contributed by atoms with Gasteiger partial charge in [0, 0.05) is 11.3 Å². The summed E-state index contributed by atoms with van der Waals surface area (Å²) in [5, 5.41) is 0.193. The predicted octanol–water partition coefficient (Wildman–Crippen LogP) is -0.794. The van der Waals surface area contributed by atoms with E-state index in [1.807, 2.05) is 0 Å². The van der Waals surface area contributed by atoms with Crippen molar-refractivity contribution in [3.8, 4) is 0 Å². The van der Waals surface area contributed by atoms with Gasteiger partial charge in [0.25, 0.3) is 0 Å². The standard InChI is InChI=1S/C10H9F5N2S.BrH/c1-17(2)10(16)18-3-4-5(11)7(13)9(15)8(14)6(4)12;/h16H,3H2,1-2H3;1H. The molecule has 0 unspecified atom stereocenters. The highest BCUT2D eigenvalue weighted by atomic mass is 79.9. The Hall–Kier alpha value is -0.830. The zero-order valence-electron chi connectivity index (χ0n) is 9.91. The van der Waals surface area contributed by atoms with Crippen molar-refractivity contribution in [2.24, 2.45) is 5.73 Å². The van der Waals surface area contributed by atoms with Crippen molar-refractivity contribution in [2.45, 2.75) is 5.75 Å². The molecule has 0 spiro atoms. The molecule has 2 nitrogen and oxygen atoms in total. The maximum absolute atomic E-state index is 13.3. The predicted molar refractivity (Wildman–Crippen MR) is 58.8 cm³/mol. The molecule has 19 heavy (non-hydrogen) atoms. The van der Waals surface area contributed by atoms with Crippen molar-refractivity contribution in [2.75, 3.05) is 14.1 Å². The summed E-state index contributed by atoms with van der Waals surface area (Å²) in [7, 11) is 3.17. The minimum absolute atomic E-state index is 0. The molecular formula is C10H10BrF5N2S. The van der Waals surface area contributed by atoms with Crippen molar-refractivity contribution in [1.29, 1.82) is 0 Å². The highest BCUT2D eigenvalue weighted by Crippen LogP contribution is 2.26. The molecule has 1 aromatic carbocycles. The summed E-state index contributed by atoms with van der Waals surface area (Å²) in [4.78, 5) is 0. The number of amidine groups is 1. The van der Waals surface area contributed by atoms with Gasteiger partial charge in [-0.15, -0.1) is 0 Å². The van der Waals surface area contributed by atoms with E-state index in [-0.39, 0.29) is 22.1 Å². The second-order valence-electron chi connectivity index (χ2n) is 3.57. The molecule has 0 aliphatic rings. The molecule has 0 aliphatic heterocycles. The van der Waals surface area contributed by atoms with Gasteiger partial charge in [0.05, 0.1) is 14.1 Å². The molecule has 0 saturated heterocycles. The van der Waals surface area contributed by atoms with Crippen LogP contribution in [-0.4, -0.2) is 23.8 Å². The summed E-state index contributed by atoms with van der Waals surface area (Å²) < 4.78 is 66.5. The van der Waals surface area contributed by atoms with Crippen LogP contribution in [0.25, 0.3) is 0 Å². The molecule has 0 aromatic heterocycles. The minimum atomic E-state index is -2.16. The first kappa shape index (κ1) is 18.2. The molecule has 2 N–H and O–H groups in total. The van der Waals surface area contributed by atoms with E-state index >= 15 is 0 Å². The fourth-order valence-electron chi connectivity index (χ4n) is 1.05. The van der Waals surface area contributed by atoms with Gasteiger partial charge in [0.1, 0.15) is 0 Å². The van der Waals surface area contributed by atoms with Gasteiger partial charge in [-0.05, 0) is 11.8 Å². The number of hydrogen-bond acceptors (Lipinski definition) is 1. The summed E-state index contributed by atoms with van der Waals surface area (Å²) in [6.07, 6.45) is 0. The summed E-state index contributed by atoms with van der Waals surface area (Å²) >= 11 is 0.774. The number of nitrogens with zero attached hydrogens (tertiary/aromatic N) is 1. The average Bonchev–Trinajstić information content (AvgIpc) is 2.33. The number of nitrogens with two attached hydrogens (primary N) is 1. The monoisotopic (exact) mass is 364 g/mol. The average molecular weight is 365 g/mol. The van der Waals surface area contributed by atoms with E-state index in [2.05, 4.69) is 0 Å². The van der Waals surface area contributed by atoms with Crippen LogP contribution in [0.1, 0.15) is 5.56 Å². The van der Waals surface area contributed by atoms with Gasteiger partial charge in [0.2, 0.25) is 5.82 Å². The van der Waals surface area contributed by atoms with Gasteiger partial charge in [-0.25, -0.2) is 22.0 Å². The Morgan fingerprint density at radius 1 is 0.947 bits per heavy atom. The first-order chi connectivity index (χ1) is 8.27. The Balaban J connectivity index is 0.00000324. The first-order valence-electron chi connectivity index (χ1n) is 4.70. The second kappa shape index (κ2) is 7.09. The molecule has 0 aliphatic carbocycles. The number of rotatable bonds is 2. The van der Waals surface area contributed by atoms with Crippen LogP contribution in [0.5, 0.6) is 0 Å². The van der Waals surface area contributed by atoms with Gasteiger partial charge in [0.15, 0.2) is 23.3 Å². The lowest BCUT2D eigenvalue weighted by molar-refractivity contribution is -0.462. The summed E-state index contributed by atoms with van der Waals surface area (Å²) in [5.74, 6) is -10.2. The SMILES string of the molecule is C[N+](C)=C(N)SCc1c(F)c(F)c(F)c(F)c1F.[Br-]. The fraction of sp³-hybridized carbons (Fsp3) is 0.300. The molecule has 1 aromatic rings. The Morgan fingerprint density at radius 3 is 1.68 bits per heavy atom. The molecule has 108 valence electrons. The van der Waals surface area contributed by atoms with E-state index in [9.17, 15) is 22.0 Å². The molecule has 0 saturated carbocycles. The van der Waals surface area contributed by atoms with E-state index in [1.165, 1.54) is 4.58 Å². The van der Waals surface area contributed by atoms with Gasteiger partial charge in [-0.2, -0.15) is 0 Å². The molecule has 0 fully saturated rings. The number of thioether (sulfide) groups is 1. The van der Waals surface area contributed by atoms with Crippen molar-refractivity contribution in [1.82, 2.24) is 0 Å². The second-order valence-corrected chi connectivity index (χ2v) is 4.57. The third kappa shape index (κ3) is 3.82. The Labute approximate surface area is 121 Å². The topological polar surface area (TPSA) is 29.0 Å². The maximum atomic E-state index is 13.3. The lowest BCUT2D eigenvalue weighted by Gasteiger charge is -2.07. The zero-order valence-corrected chi connectivity index (χ0v) is 12.3. The van der Waals surface area contributed by atoms with Crippen LogP contribution in [-0.2, 0) is 5.75 Å². The molecule has 0 bridgehead atoms. The van der Waals surface area contributed by atoms with Crippen LogP contribution in [0.3, 0.4) is 0 Å². The summed E-state index contributed by atoms with van der Waals surface area (Å²) in [6.45, 7) is 0. The van der Waals surface area contributed by atoms with Gasteiger partial charge in [-0.3, -0.25) is 10.3 Å². The van der Waals surface area contributed by atoms with Crippen LogP contribution in [0.2, 0.25) is 0 Å². The Kier molecular flexibility index (Phi) is 6.78. The van der Waals surface area contributed by atoms with Crippen molar-refractivity contribution >= 4 is 16.9 Å². The third-order valence-corrected chi connectivity index (χ3v) is 3.20. The Morgan fingerprint density at radius 2 is 1.32 bits per heavy atom. The Bertz CT molecular complexity index is 488. The lowest BCUT2D eigenvalue weighted by Crippen LogP contribution is -3.00. The van der Waals surface area contributed by atoms with Crippen LogP contribution >= 0.6 is 11.8 Å². The van der Waals surface area contributed by atoms with Crippen molar-refractivity contribution in [3.05, 3.63) is 34.6 Å². The van der Waals surface area contributed by atoms with E-state index in [0.29, 0.717) is 0 Å². The highest BCUT2D eigenvalue weighted by molar-refractivity contribution is 8.12. The lowest BCUT2D eigenvalue weighted by atomic mass is 10.2. The number of benzene rings is 1. The van der Waals surface area contributed by atoms with E-state index in [4.69, 9.17) is 5.73 Å². The summed E-state index contributed by atoms with van der Waals surface area (Å²) in [5.41, 5.74) is 4.58. The van der Waals surface area contributed by atoms with Crippen molar-refractivity contribution < 1.29 is 43.5 Å². The number of hydrogen-bond donors (Lipinski definition) is 1. The molecule has 0 heterocycles. The van der Waals surface area contributed by atoms with E-state index in [0.717, 1.165) is 11.8 Å². The van der Waals surface area contributed by atoms with Crippen molar-refractivity contribution in [3.63, 3.8) is 0 Å². The van der Waals surface area contributed by atoms with Gasteiger partial charge < -0.3 is 17.0 Å². The molecule has 9 heteroatoms. The fourth-order valence-corrected chi connectivity index (χ4v) is 1.86. The zero-order chi connectivity index (χ0) is 14.0. The minimum Gasteiger partial charge on any atom is -1.00 e. The van der Waals surface area contributed by atoms with Crippen LogP contribution < -0.4 is 22.7 Å². The highest BCUT2D eigenvalue weighted by Gasteiger charge is 2.26. The summed E-state index contributed by atoms with van der Waals surface area (Å²) in [6, 6.07) is 0. The van der Waals surface area contributed by atoms with Gasteiger partial charge >= 0.3 is 5.17 Å². The molecule has 0 radical (unpaired) electrons. The maximum Gasteiger partial charge on any atom is 0.303 e. The van der Waals surface area contributed by atoms with Crippen LogP contribution in [0, 0.1) is 29.1 Å². The smallest absolute Gasteiger partial charge is 0.303 e. The van der Waals surface area contributed by atoms with E-state index in [1.54, 1.807) is 14.1 Å². The number of halogens is 6. The van der Waals surface area contributed by atoms with Gasteiger partial charge in [-0.1, -0.05) is 0 Å².